The molecule has 1 fully saturated rings. The van der Waals surface area contributed by atoms with E-state index in [1.165, 1.54) is 22.3 Å². The van der Waals surface area contributed by atoms with Crippen LogP contribution in [-0.2, 0) is 23.9 Å². The predicted molar refractivity (Wildman–Crippen MR) is 208 cm³/mol. The Morgan fingerprint density at radius 2 is 0.896 bits per heavy atom. The first kappa shape index (κ1) is 40.4. The topological polar surface area (TPSA) is 46.9 Å². The highest BCUT2D eigenvalue weighted by molar-refractivity contribution is 5.53. The van der Waals surface area contributed by atoms with Gasteiger partial charge in [0.2, 0.25) is 0 Å². The lowest BCUT2D eigenvalue weighted by atomic mass is 9.71. The Bertz CT molecular complexity index is 1300. The van der Waals surface area contributed by atoms with Gasteiger partial charge in [-0.25, -0.2) is 0 Å². The SMILES string of the molecule is CCCC1CN(Cc2c(C)cc(C(C)(C)CC(C)(C)C)c(O)c2C)C(CCC)CN1Cc1c(C)cc(C(C)(C)CC(C)(C)C)c(O)c1C. The van der Waals surface area contributed by atoms with Gasteiger partial charge in [-0.2, -0.15) is 0 Å². The number of aryl methyl sites for hydroxylation is 2. The molecule has 0 spiro atoms. The van der Waals surface area contributed by atoms with Crippen LogP contribution in [0.4, 0.5) is 0 Å². The van der Waals surface area contributed by atoms with Crippen molar-refractivity contribution in [2.24, 2.45) is 10.8 Å². The third-order valence-electron chi connectivity index (χ3n) is 11.1. The Morgan fingerprint density at radius 3 is 1.17 bits per heavy atom. The average molecular weight is 663 g/mol. The Kier molecular flexibility index (Phi) is 12.7. The molecule has 0 aromatic heterocycles. The van der Waals surface area contributed by atoms with E-state index in [4.69, 9.17) is 0 Å². The maximum absolute atomic E-state index is 11.6. The van der Waals surface area contributed by atoms with Crippen LogP contribution in [0.15, 0.2) is 12.1 Å². The maximum Gasteiger partial charge on any atom is 0.122 e. The minimum absolute atomic E-state index is 0.107. The molecule has 272 valence electrons. The highest BCUT2D eigenvalue weighted by atomic mass is 16.3. The summed E-state index contributed by atoms with van der Waals surface area (Å²) in [4.78, 5) is 5.45. The molecule has 48 heavy (non-hydrogen) atoms. The van der Waals surface area contributed by atoms with E-state index in [0.29, 0.717) is 23.6 Å². The molecule has 4 nitrogen and oxygen atoms in total. The molecule has 2 atom stereocenters. The monoisotopic (exact) mass is 663 g/mol. The summed E-state index contributed by atoms with van der Waals surface area (Å²) in [5.74, 6) is 0.973. The van der Waals surface area contributed by atoms with Crippen LogP contribution in [0.5, 0.6) is 11.5 Å². The first-order chi connectivity index (χ1) is 21.9. The lowest BCUT2D eigenvalue weighted by Gasteiger charge is -2.47. The molecule has 2 N–H and O–H groups in total. The number of hydrogen-bond acceptors (Lipinski definition) is 4. The average Bonchev–Trinajstić information content (AvgIpc) is 2.92. The molecule has 2 unspecified atom stereocenters. The van der Waals surface area contributed by atoms with Crippen molar-refractivity contribution in [3.8, 4) is 11.5 Å². The number of phenols is 2. The standard InChI is InChI=1S/C44H74N2O2/c1-17-19-33-23-46(26-36-30(4)22-38(40(48)32(36)6)44(15,16)28-42(10,11)12)34(20-18-2)24-45(33)25-35-29(3)21-37(39(47)31(35)5)43(13,14)27-41(7,8)9/h21-22,33-34,47-48H,17-20,23-28H2,1-16H3. The van der Waals surface area contributed by atoms with E-state index in [-0.39, 0.29) is 21.7 Å². The van der Waals surface area contributed by atoms with Gasteiger partial charge in [0.15, 0.2) is 0 Å². The molecule has 3 rings (SSSR count). The first-order valence-corrected chi connectivity index (χ1v) is 19.1. The number of phenolic OH excluding ortho intramolecular Hbond substituents is 2. The van der Waals surface area contributed by atoms with Crippen molar-refractivity contribution in [3.63, 3.8) is 0 Å². The molecule has 4 heteroatoms. The molecular weight excluding hydrogens is 588 g/mol. The van der Waals surface area contributed by atoms with Crippen LogP contribution in [0, 0.1) is 38.5 Å². The zero-order valence-electron chi connectivity index (χ0n) is 34.2. The highest BCUT2D eigenvalue weighted by Crippen LogP contribution is 2.45. The minimum atomic E-state index is -0.107. The molecule has 1 aliphatic heterocycles. The Hall–Kier alpha value is -2.04. The second kappa shape index (κ2) is 15.1. The number of nitrogens with zero attached hydrogens (tertiary/aromatic N) is 2. The van der Waals surface area contributed by atoms with Crippen LogP contribution >= 0.6 is 0 Å². The van der Waals surface area contributed by atoms with E-state index < -0.39 is 0 Å². The largest absolute Gasteiger partial charge is 0.507 e. The zero-order valence-corrected chi connectivity index (χ0v) is 34.2. The van der Waals surface area contributed by atoms with Crippen molar-refractivity contribution in [1.29, 1.82) is 0 Å². The number of piperazine rings is 1. The third kappa shape index (κ3) is 9.59. The summed E-state index contributed by atoms with van der Waals surface area (Å²) >= 11 is 0. The molecule has 0 aliphatic carbocycles. The number of rotatable bonds is 12. The quantitative estimate of drug-likeness (QED) is 0.237. The first-order valence-electron chi connectivity index (χ1n) is 19.1. The summed E-state index contributed by atoms with van der Waals surface area (Å²) in [5, 5.41) is 23.3. The lowest BCUT2D eigenvalue weighted by molar-refractivity contribution is 0.0104. The van der Waals surface area contributed by atoms with Gasteiger partial charge < -0.3 is 10.2 Å². The van der Waals surface area contributed by atoms with Gasteiger partial charge in [0.1, 0.15) is 11.5 Å². The molecule has 1 heterocycles. The third-order valence-corrected chi connectivity index (χ3v) is 11.1. The van der Waals surface area contributed by atoms with Gasteiger partial charge in [0.25, 0.3) is 0 Å². The van der Waals surface area contributed by atoms with Crippen LogP contribution < -0.4 is 0 Å². The fraction of sp³-hybridized carbons (Fsp3) is 0.727. The molecule has 2 aromatic rings. The highest BCUT2D eigenvalue weighted by Gasteiger charge is 2.37. The predicted octanol–water partition coefficient (Wildman–Crippen LogP) is 11.4. The molecule has 2 aromatic carbocycles. The molecule has 1 saturated heterocycles. The van der Waals surface area contributed by atoms with Crippen LogP contribution in [0.25, 0.3) is 0 Å². The van der Waals surface area contributed by atoms with Gasteiger partial charge in [-0.15, -0.1) is 0 Å². The summed E-state index contributed by atoms with van der Waals surface area (Å²) in [6, 6.07) is 5.45. The zero-order chi connectivity index (χ0) is 36.6. The van der Waals surface area contributed by atoms with Crippen LogP contribution in [0.1, 0.15) is 166 Å². The minimum Gasteiger partial charge on any atom is -0.507 e. The van der Waals surface area contributed by atoms with Crippen LogP contribution in [0.2, 0.25) is 0 Å². The van der Waals surface area contributed by atoms with E-state index in [1.54, 1.807) is 0 Å². The van der Waals surface area contributed by atoms with Crippen molar-refractivity contribution in [3.05, 3.63) is 56.6 Å². The van der Waals surface area contributed by atoms with E-state index in [0.717, 1.165) is 87.0 Å². The molecule has 0 amide bonds. The van der Waals surface area contributed by atoms with Gasteiger partial charge in [-0.3, -0.25) is 9.80 Å². The maximum atomic E-state index is 11.6. The van der Waals surface area contributed by atoms with Gasteiger partial charge >= 0.3 is 0 Å². The van der Waals surface area contributed by atoms with Gasteiger partial charge in [0, 0.05) is 49.4 Å². The summed E-state index contributed by atoms with van der Waals surface area (Å²) < 4.78 is 0. The van der Waals surface area contributed by atoms with Gasteiger partial charge in [-0.05, 0) is 108 Å². The summed E-state index contributed by atoms with van der Waals surface area (Å²) in [6.07, 6.45) is 6.62. The fourth-order valence-electron chi connectivity index (χ4n) is 9.46. The molecule has 1 aliphatic rings. The molecule has 0 radical (unpaired) electrons. The summed E-state index contributed by atoms with van der Waals surface area (Å²) in [7, 11) is 0. The second-order valence-electron chi connectivity index (χ2n) is 19.4. The summed E-state index contributed by atoms with van der Waals surface area (Å²) in [6.45, 7) is 40.0. The number of benzene rings is 2. The van der Waals surface area contributed by atoms with Crippen molar-refractivity contribution < 1.29 is 10.2 Å². The molecular formula is C44H74N2O2. The molecule has 0 bridgehead atoms. The van der Waals surface area contributed by atoms with Gasteiger partial charge in [-0.1, -0.05) is 108 Å². The second-order valence-corrected chi connectivity index (χ2v) is 19.4. The van der Waals surface area contributed by atoms with Crippen molar-refractivity contribution >= 4 is 0 Å². The lowest BCUT2D eigenvalue weighted by Crippen LogP contribution is -2.57. The number of hydrogen-bond donors (Lipinski definition) is 2. The van der Waals surface area contributed by atoms with Crippen LogP contribution in [-0.4, -0.2) is 45.2 Å². The Morgan fingerprint density at radius 1 is 0.583 bits per heavy atom. The normalized spacial score (nSPS) is 18.9. The van der Waals surface area contributed by atoms with Crippen molar-refractivity contribution in [2.75, 3.05) is 13.1 Å². The van der Waals surface area contributed by atoms with Crippen LogP contribution in [0.3, 0.4) is 0 Å². The van der Waals surface area contributed by atoms with E-state index in [2.05, 4.69) is 133 Å². The Balaban J connectivity index is 1.95. The number of aromatic hydroxyl groups is 2. The van der Waals surface area contributed by atoms with E-state index >= 15 is 0 Å². The van der Waals surface area contributed by atoms with Crippen molar-refractivity contribution in [2.45, 2.75) is 185 Å². The van der Waals surface area contributed by atoms with E-state index in [9.17, 15) is 10.2 Å². The fourth-order valence-corrected chi connectivity index (χ4v) is 9.46. The van der Waals surface area contributed by atoms with E-state index in [1.807, 2.05) is 0 Å². The van der Waals surface area contributed by atoms with Crippen molar-refractivity contribution in [1.82, 2.24) is 9.80 Å². The van der Waals surface area contributed by atoms with Gasteiger partial charge in [0.05, 0.1) is 0 Å². The molecule has 0 saturated carbocycles. The smallest absolute Gasteiger partial charge is 0.122 e. The summed E-state index contributed by atoms with van der Waals surface area (Å²) in [5.41, 5.74) is 9.57. The Labute approximate surface area is 296 Å².